The highest BCUT2D eigenvalue weighted by Gasteiger charge is 2.35. The number of benzene rings is 3. The van der Waals surface area contributed by atoms with E-state index in [9.17, 15) is 19.5 Å². The number of phenolic OH excluding ortho intramolecular Hbond substituents is 1. The van der Waals surface area contributed by atoms with Gasteiger partial charge in [0, 0.05) is 18.0 Å². The molecule has 0 fully saturated rings. The highest BCUT2D eigenvalue weighted by atomic mass is 32.1. The van der Waals surface area contributed by atoms with E-state index in [1.54, 1.807) is 39.0 Å². The van der Waals surface area contributed by atoms with Crippen LogP contribution in [0.25, 0.3) is 10.8 Å². The van der Waals surface area contributed by atoms with Crippen molar-refractivity contribution in [2.45, 2.75) is 51.8 Å². The van der Waals surface area contributed by atoms with E-state index in [4.69, 9.17) is 4.74 Å². The third-order valence-electron chi connectivity index (χ3n) is 5.68. The summed E-state index contributed by atoms with van der Waals surface area (Å²) in [6, 6.07) is 17.5. The summed E-state index contributed by atoms with van der Waals surface area (Å²) in [5.74, 6) is -0.984. The second-order valence-corrected chi connectivity index (χ2v) is 10.3. The Morgan fingerprint density at radius 2 is 1.71 bits per heavy atom. The third-order valence-corrected chi connectivity index (χ3v) is 6.05. The minimum Gasteiger partial charge on any atom is -0.508 e. The number of amides is 3. The fraction of sp³-hybridized carbons (Fsp3) is 0.345. The monoisotopic (exact) mass is 537 g/mol. The molecule has 0 bridgehead atoms. The first-order valence-corrected chi connectivity index (χ1v) is 13.1. The molecule has 0 aliphatic rings. The van der Waals surface area contributed by atoms with Crippen molar-refractivity contribution < 1.29 is 24.2 Å². The van der Waals surface area contributed by atoms with Crippen LogP contribution in [0.5, 0.6) is 5.75 Å². The Hall–Kier alpha value is -3.72. The minimum atomic E-state index is -1.08. The normalized spacial score (nSPS) is 12.9. The Labute approximate surface area is 228 Å². The van der Waals surface area contributed by atoms with Gasteiger partial charge in [-0.25, -0.2) is 4.79 Å². The molecule has 3 aromatic carbocycles. The van der Waals surface area contributed by atoms with E-state index in [0.29, 0.717) is 17.7 Å². The zero-order valence-electron chi connectivity index (χ0n) is 22.1. The zero-order chi connectivity index (χ0) is 27.9. The van der Waals surface area contributed by atoms with Gasteiger partial charge in [-0.3, -0.25) is 9.59 Å². The molecule has 2 unspecified atom stereocenters. The lowest BCUT2D eigenvalue weighted by Gasteiger charge is -2.34. The van der Waals surface area contributed by atoms with Crippen molar-refractivity contribution in [3.8, 4) is 5.75 Å². The number of aromatic hydroxyl groups is 1. The molecule has 0 saturated carbocycles. The van der Waals surface area contributed by atoms with Gasteiger partial charge in [0.05, 0.1) is 0 Å². The smallest absolute Gasteiger partial charge is 0.408 e. The SMILES string of the molecule is CCCN(C(=O)C(CS)NC(=O)OC(C)(C)C)C(C(=O)Nc1ccc2ccccc2c1)c1cccc(O)c1. The zero-order valence-corrected chi connectivity index (χ0v) is 23.0. The lowest BCUT2D eigenvalue weighted by molar-refractivity contribution is -0.140. The van der Waals surface area contributed by atoms with Gasteiger partial charge in [0.2, 0.25) is 5.91 Å². The largest absolute Gasteiger partial charge is 0.508 e. The molecule has 0 aliphatic heterocycles. The van der Waals surface area contributed by atoms with Gasteiger partial charge in [0.1, 0.15) is 23.4 Å². The second kappa shape index (κ2) is 12.7. The van der Waals surface area contributed by atoms with E-state index in [0.717, 1.165) is 10.8 Å². The van der Waals surface area contributed by atoms with E-state index in [2.05, 4.69) is 23.3 Å². The average Bonchev–Trinajstić information content (AvgIpc) is 2.85. The van der Waals surface area contributed by atoms with Gasteiger partial charge in [0.15, 0.2) is 0 Å². The molecule has 0 spiro atoms. The first kappa shape index (κ1) is 28.8. The van der Waals surface area contributed by atoms with Crippen molar-refractivity contribution in [2.75, 3.05) is 17.6 Å². The van der Waals surface area contributed by atoms with Crippen molar-refractivity contribution in [1.82, 2.24) is 10.2 Å². The fourth-order valence-corrected chi connectivity index (χ4v) is 4.34. The number of hydrogen-bond donors (Lipinski definition) is 4. The molecule has 0 radical (unpaired) electrons. The first-order valence-electron chi connectivity index (χ1n) is 12.5. The van der Waals surface area contributed by atoms with E-state index in [1.807, 2.05) is 43.3 Å². The van der Waals surface area contributed by atoms with Gasteiger partial charge >= 0.3 is 6.09 Å². The van der Waals surface area contributed by atoms with Crippen LogP contribution in [0.4, 0.5) is 10.5 Å². The summed E-state index contributed by atoms with van der Waals surface area (Å²) >= 11 is 4.28. The van der Waals surface area contributed by atoms with Crippen molar-refractivity contribution in [3.05, 3.63) is 72.3 Å². The number of nitrogens with zero attached hydrogens (tertiary/aromatic N) is 1. The van der Waals surface area contributed by atoms with Gasteiger partial charge in [-0.15, -0.1) is 0 Å². The Morgan fingerprint density at radius 1 is 1.00 bits per heavy atom. The Kier molecular flexibility index (Phi) is 9.63. The summed E-state index contributed by atoms with van der Waals surface area (Å²) in [6.45, 7) is 7.29. The third kappa shape index (κ3) is 7.64. The summed E-state index contributed by atoms with van der Waals surface area (Å²) in [4.78, 5) is 41.4. The van der Waals surface area contributed by atoms with Crippen molar-refractivity contribution in [2.24, 2.45) is 0 Å². The number of carbonyl (C=O) groups is 3. The fourth-order valence-electron chi connectivity index (χ4n) is 4.09. The maximum absolute atomic E-state index is 13.8. The van der Waals surface area contributed by atoms with Crippen LogP contribution >= 0.6 is 12.6 Å². The molecule has 202 valence electrons. The minimum absolute atomic E-state index is 0.00264. The van der Waals surface area contributed by atoms with Crippen LogP contribution in [0.1, 0.15) is 45.7 Å². The number of anilines is 1. The van der Waals surface area contributed by atoms with Crippen molar-refractivity contribution in [3.63, 3.8) is 0 Å². The maximum atomic E-state index is 13.8. The number of hydrogen-bond acceptors (Lipinski definition) is 6. The molecular formula is C29H35N3O5S. The molecule has 3 N–H and O–H groups in total. The summed E-state index contributed by atoms with van der Waals surface area (Å²) in [6.07, 6.45) is -0.202. The van der Waals surface area contributed by atoms with Gasteiger partial charge in [0.25, 0.3) is 5.91 Å². The van der Waals surface area contributed by atoms with Crippen LogP contribution in [0.15, 0.2) is 66.7 Å². The lowest BCUT2D eigenvalue weighted by atomic mass is 10.0. The summed E-state index contributed by atoms with van der Waals surface area (Å²) in [5.41, 5.74) is 0.252. The highest BCUT2D eigenvalue weighted by Crippen LogP contribution is 2.28. The summed E-state index contributed by atoms with van der Waals surface area (Å²) < 4.78 is 5.32. The molecule has 0 aliphatic carbocycles. The molecule has 0 saturated heterocycles. The standard InChI is InChI=1S/C29H35N3O5S/c1-5-15-32(27(35)24(18-38)31-28(36)37-29(2,3)4)25(21-11-8-12-23(33)17-21)26(34)30-22-14-13-19-9-6-7-10-20(19)16-22/h6-14,16-17,24-25,33,38H,5,15,18H2,1-4H3,(H,30,34)(H,31,36). The number of fused-ring (bicyclic) bond motifs is 1. The van der Waals surface area contributed by atoms with E-state index in [1.165, 1.54) is 17.0 Å². The quantitative estimate of drug-likeness (QED) is 0.278. The summed E-state index contributed by atoms with van der Waals surface area (Å²) in [7, 11) is 0. The number of carbonyl (C=O) groups excluding carboxylic acids is 3. The molecule has 3 rings (SSSR count). The van der Waals surface area contributed by atoms with Gasteiger partial charge in [-0.2, -0.15) is 12.6 Å². The van der Waals surface area contributed by atoms with Crippen molar-refractivity contribution in [1.29, 1.82) is 0 Å². The molecular weight excluding hydrogens is 502 g/mol. The highest BCUT2D eigenvalue weighted by molar-refractivity contribution is 7.80. The van der Waals surface area contributed by atoms with Crippen LogP contribution in [-0.2, 0) is 14.3 Å². The van der Waals surface area contributed by atoms with Crippen LogP contribution < -0.4 is 10.6 Å². The predicted molar refractivity (Wildman–Crippen MR) is 152 cm³/mol. The molecule has 8 nitrogen and oxygen atoms in total. The molecule has 38 heavy (non-hydrogen) atoms. The van der Waals surface area contributed by atoms with E-state index < -0.39 is 35.6 Å². The number of thiol groups is 1. The van der Waals surface area contributed by atoms with Gasteiger partial charge in [-0.05, 0) is 67.8 Å². The van der Waals surface area contributed by atoms with Gasteiger partial charge in [-0.1, -0.05) is 49.4 Å². The Bertz CT molecular complexity index is 1290. The first-order chi connectivity index (χ1) is 18.0. The summed E-state index contributed by atoms with van der Waals surface area (Å²) in [5, 5.41) is 17.7. The van der Waals surface area contributed by atoms with Crippen LogP contribution in [-0.4, -0.2) is 51.9 Å². The molecule has 3 amide bonds. The van der Waals surface area contributed by atoms with Crippen molar-refractivity contribution >= 4 is 47.0 Å². The van der Waals surface area contributed by atoms with Gasteiger partial charge < -0.3 is 25.4 Å². The molecule has 0 aromatic heterocycles. The molecule has 3 aromatic rings. The Morgan fingerprint density at radius 3 is 2.34 bits per heavy atom. The second-order valence-electron chi connectivity index (χ2n) is 9.96. The maximum Gasteiger partial charge on any atom is 0.408 e. The molecule has 2 atom stereocenters. The number of nitrogens with one attached hydrogen (secondary N) is 2. The molecule has 0 heterocycles. The molecule has 9 heteroatoms. The number of ether oxygens (including phenoxy) is 1. The average molecular weight is 538 g/mol. The van der Waals surface area contributed by atoms with Crippen LogP contribution in [0.3, 0.4) is 0 Å². The predicted octanol–water partition coefficient (Wildman–Crippen LogP) is 5.29. The van der Waals surface area contributed by atoms with E-state index >= 15 is 0 Å². The topological polar surface area (TPSA) is 108 Å². The van der Waals surface area contributed by atoms with Crippen LogP contribution in [0, 0.1) is 0 Å². The van der Waals surface area contributed by atoms with E-state index in [-0.39, 0.29) is 18.0 Å². The number of phenols is 1. The Balaban J connectivity index is 1.96. The van der Waals surface area contributed by atoms with Crippen LogP contribution in [0.2, 0.25) is 0 Å². The lowest BCUT2D eigenvalue weighted by Crippen LogP contribution is -2.53. The number of alkyl carbamates (subject to hydrolysis) is 1. The number of rotatable bonds is 9.